The number of unbranched alkanes of at least 4 members (excludes halogenated alkanes) is 1. The van der Waals surface area contributed by atoms with Gasteiger partial charge in [-0.3, -0.25) is 4.79 Å². The van der Waals surface area contributed by atoms with Crippen molar-refractivity contribution < 1.29 is 19.4 Å². The van der Waals surface area contributed by atoms with E-state index in [9.17, 15) is 4.79 Å². The summed E-state index contributed by atoms with van der Waals surface area (Å²) in [5, 5.41) is 8.65. The Bertz CT molecular complexity index is 423. The van der Waals surface area contributed by atoms with Crippen LogP contribution in [-0.4, -0.2) is 30.6 Å². The third kappa shape index (κ3) is 4.92. The third-order valence-corrected chi connectivity index (χ3v) is 5.00. The van der Waals surface area contributed by atoms with E-state index in [1.165, 1.54) is 6.42 Å². The number of hydrogen-bond donors (Lipinski definition) is 1. The lowest BCUT2D eigenvalue weighted by molar-refractivity contribution is -0.180. The predicted octanol–water partition coefficient (Wildman–Crippen LogP) is 4.03. The van der Waals surface area contributed by atoms with Crippen LogP contribution in [0.3, 0.4) is 0 Å². The number of aliphatic carboxylic acids is 1. The Balaban J connectivity index is 1.89. The maximum Gasteiger partial charge on any atom is 0.303 e. The number of allylic oxidation sites excluding steroid dienone is 4. The van der Waals surface area contributed by atoms with Crippen molar-refractivity contribution in [3.8, 4) is 0 Å². The van der Waals surface area contributed by atoms with Gasteiger partial charge in [0.2, 0.25) is 0 Å². The van der Waals surface area contributed by atoms with Gasteiger partial charge in [-0.05, 0) is 57.3 Å². The average Bonchev–Trinajstić information content (AvgIpc) is 3.11. The third-order valence-electron chi connectivity index (χ3n) is 5.00. The topological polar surface area (TPSA) is 55.8 Å². The van der Waals surface area contributed by atoms with Crippen LogP contribution in [0.1, 0.15) is 46.0 Å². The van der Waals surface area contributed by atoms with Gasteiger partial charge in [-0.25, -0.2) is 0 Å². The highest BCUT2D eigenvalue weighted by atomic mass is 16.7. The van der Waals surface area contributed by atoms with Gasteiger partial charge in [0.25, 0.3) is 0 Å². The SMILES string of the molecule is CCOC(OCC)C1C2C=CC(C2)C1CC=CCCCC(=O)O. The number of carboxylic acid groups (broad SMARTS) is 1. The van der Waals surface area contributed by atoms with Crippen LogP contribution in [0.4, 0.5) is 0 Å². The minimum atomic E-state index is -0.715. The molecule has 0 radical (unpaired) electrons. The molecule has 130 valence electrons. The van der Waals surface area contributed by atoms with E-state index in [2.05, 4.69) is 24.3 Å². The summed E-state index contributed by atoms with van der Waals surface area (Å²) in [5.41, 5.74) is 0. The van der Waals surface area contributed by atoms with Crippen molar-refractivity contribution in [1.29, 1.82) is 0 Å². The fraction of sp³-hybridized carbons (Fsp3) is 0.737. The Labute approximate surface area is 139 Å². The van der Waals surface area contributed by atoms with E-state index in [1.54, 1.807) is 0 Å². The van der Waals surface area contributed by atoms with Crippen molar-refractivity contribution in [2.45, 2.75) is 52.2 Å². The highest BCUT2D eigenvalue weighted by Crippen LogP contribution is 2.51. The van der Waals surface area contributed by atoms with Gasteiger partial charge in [-0.15, -0.1) is 0 Å². The molecule has 0 spiro atoms. The lowest BCUT2D eigenvalue weighted by Crippen LogP contribution is -2.35. The summed E-state index contributed by atoms with van der Waals surface area (Å²) in [6.45, 7) is 5.40. The molecule has 4 unspecified atom stereocenters. The second kappa shape index (κ2) is 9.24. The zero-order valence-electron chi connectivity index (χ0n) is 14.3. The van der Waals surface area contributed by atoms with E-state index in [1.807, 2.05) is 13.8 Å². The number of rotatable bonds is 11. The van der Waals surface area contributed by atoms with Gasteiger partial charge >= 0.3 is 5.97 Å². The van der Waals surface area contributed by atoms with Gasteiger partial charge in [0.1, 0.15) is 0 Å². The van der Waals surface area contributed by atoms with Gasteiger partial charge < -0.3 is 14.6 Å². The molecule has 2 rings (SSSR count). The van der Waals surface area contributed by atoms with Crippen molar-refractivity contribution in [2.75, 3.05) is 13.2 Å². The quantitative estimate of drug-likeness (QED) is 0.354. The molecule has 2 aliphatic rings. The van der Waals surface area contributed by atoms with Crippen LogP contribution < -0.4 is 0 Å². The van der Waals surface area contributed by atoms with Gasteiger partial charge in [0.05, 0.1) is 0 Å². The summed E-state index contributed by atoms with van der Waals surface area (Å²) in [6, 6.07) is 0. The highest BCUT2D eigenvalue weighted by Gasteiger charge is 2.48. The Hall–Kier alpha value is -1.13. The lowest BCUT2D eigenvalue weighted by atomic mass is 9.80. The number of hydrogen-bond acceptors (Lipinski definition) is 3. The molecule has 23 heavy (non-hydrogen) atoms. The molecule has 0 amide bonds. The molecule has 1 N–H and O–H groups in total. The van der Waals surface area contributed by atoms with Crippen LogP contribution in [0.2, 0.25) is 0 Å². The molecule has 4 nitrogen and oxygen atoms in total. The maximum atomic E-state index is 10.5. The number of ether oxygens (including phenoxy) is 2. The van der Waals surface area contributed by atoms with Crippen LogP contribution in [0, 0.1) is 23.7 Å². The monoisotopic (exact) mass is 322 g/mol. The second-order valence-corrected chi connectivity index (χ2v) is 6.46. The largest absolute Gasteiger partial charge is 0.481 e. The average molecular weight is 322 g/mol. The summed E-state index contributed by atoms with van der Waals surface area (Å²) in [7, 11) is 0. The fourth-order valence-corrected chi connectivity index (χ4v) is 4.04. The zero-order chi connectivity index (χ0) is 16.7. The standard InChI is InChI=1S/C19H30O4/c1-3-22-19(23-4-2)18-15-12-11-14(13-15)16(18)9-7-5-6-8-10-17(20)21/h5,7,11-12,14-16,18-19H,3-4,6,8-10,13H2,1-2H3,(H,20,21). The molecule has 0 aromatic carbocycles. The normalized spacial score (nSPS) is 29.2. The van der Waals surface area contributed by atoms with E-state index < -0.39 is 5.97 Å². The van der Waals surface area contributed by atoms with Crippen molar-refractivity contribution in [2.24, 2.45) is 23.7 Å². The molecule has 0 aliphatic heterocycles. The van der Waals surface area contributed by atoms with Crippen LogP contribution in [0.15, 0.2) is 24.3 Å². The molecule has 0 aromatic heterocycles. The molecule has 0 saturated heterocycles. The molecule has 2 bridgehead atoms. The Morgan fingerprint density at radius 1 is 1.22 bits per heavy atom. The van der Waals surface area contributed by atoms with E-state index >= 15 is 0 Å². The van der Waals surface area contributed by atoms with E-state index in [-0.39, 0.29) is 12.7 Å². The molecular weight excluding hydrogens is 292 g/mol. The van der Waals surface area contributed by atoms with Crippen LogP contribution in [0.5, 0.6) is 0 Å². The molecule has 0 heterocycles. The maximum absolute atomic E-state index is 10.5. The minimum absolute atomic E-state index is 0.102. The number of fused-ring (bicyclic) bond motifs is 2. The molecule has 1 fully saturated rings. The molecule has 0 aromatic rings. The van der Waals surface area contributed by atoms with Gasteiger partial charge in [-0.2, -0.15) is 0 Å². The van der Waals surface area contributed by atoms with Crippen molar-refractivity contribution in [3.63, 3.8) is 0 Å². The Morgan fingerprint density at radius 2 is 1.91 bits per heavy atom. The van der Waals surface area contributed by atoms with Crippen molar-refractivity contribution in [3.05, 3.63) is 24.3 Å². The van der Waals surface area contributed by atoms with E-state index in [0.717, 1.165) is 12.8 Å². The summed E-state index contributed by atoms with van der Waals surface area (Å²) >= 11 is 0. The summed E-state index contributed by atoms with van der Waals surface area (Å²) in [5.74, 6) is 1.51. The van der Waals surface area contributed by atoms with Gasteiger partial charge in [0, 0.05) is 25.6 Å². The lowest BCUT2D eigenvalue weighted by Gasteiger charge is -2.33. The van der Waals surface area contributed by atoms with Gasteiger partial charge in [0.15, 0.2) is 6.29 Å². The Kier molecular flexibility index (Phi) is 7.31. The molecule has 1 saturated carbocycles. The molecule has 4 atom stereocenters. The van der Waals surface area contributed by atoms with E-state index in [4.69, 9.17) is 14.6 Å². The van der Waals surface area contributed by atoms with Crippen molar-refractivity contribution >= 4 is 5.97 Å². The summed E-state index contributed by atoms with van der Waals surface area (Å²) < 4.78 is 11.7. The first-order chi connectivity index (χ1) is 11.2. The molecule has 4 heteroatoms. The smallest absolute Gasteiger partial charge is 0.303 e. The number of carbonyl (C=O) groups is 1. The minimum Gasteiger partial charge on any atom is -0.481 e. The fourth-order valence-electron chi connectivity index (χ4n) is 4.04. The van der Waals surface area contributed by atoms with E-state index in [0.29, 0.717) is 43.3 Å². The molecular formula is C19H30O4. The first kappa shape index (κ1) is 18.2. The van der Waals surface area contributed by atoms with Crippen LogP contribution >= 0.6 is 0 Å². The van der Waals surface area contributed by atoms with Crippen molar-refractivity contribution in [1.82, 2.24) is 0 Å². The Morgan fingerprint density at radius 3 is 2.57 bits per heavy atom. The first-order valence-corrected chi connectivity index (χ1v) is 8.95. The highest BCUT2D eigenvalue weighted by molar-refractivity contribution is 5.66. The second-order valence-electron chi connectivity index (χ2n) is 6.46. The van der Waals surface area contributed by atoms with Gasteiger partial charge in [-0.1, -0.05) is 24.3 Å². The first-order valence-electron chi connectivity index (χ1n) is 8.95. The van der Waals surface area contributed by atoms with Crippen LogP contribution in [-0.2, 0) is 14.3 Å². The summed E-state index contributed by atoms with van der Waals surface area (Å²) in [4.78, 5) is 10.5. The zero-order valence-corrected chi connectivity index (χ0v) is 14.3. The van der Waals surface area contributed by atoms with Crippen LogP contribution in [0.25, 0.3) is 0 Å². The summed E-state index contributed by atoms with van der Waals surface area (Å²) in [6.07, 6.45) is 13.0. The molecule has 2 aliphatic carbocycles. The number of carboxylic acids is 1. The predicted molar refractivity (Wildman–Crippen MR) is 90.0 cm³/mol.